The molecule has 0 spiro atoms. The fraction of sp³-hybridized carbons (Fsp3) is 0.455. The normalized spacial score (nSPS) is 20.4. The molecule has 0 amide bonds. The smallest absolute Gasteiger partial charge is 0.240 e. The fourth-order valence-electron chi connectivity index (χ4n) is 1.75. The Morgan fingerprint density at radius 2 is 2.24 bits per heavy atom. The summed E-state index contributed by atoms with van der Waals surface area (Å²) in [4.78, 5) is 0.302. The van der Waals surface area contributed by atoms with Gasteiger partial charge in [0.15, 0.2) is 0 Å². The summed E-state index contributed by atoms with van der Waals surface area (Å²) in [5.74, 6) is 2.26. The number of sulfonamides is 1. The number of anilines is 1. The van der Waals surface area contributed by atoms with Crippen LogP contribution in [0.4, 0.5) is 5.69 Å². The SMILES string of the molecule is CNS(=O)(=O)c1cccc(NC2CCSC2)c1. The molecule has 1 aromatic carbocycles. The highest BCUT2D eigenvalue weighted by molar-refractivity contribution is 7.99. The number of nitrogens with one attached hydrogen (secondary N) is 2. The molecule has 1 heterocycles. The molecule has 6 heteroatoms. The van der Waals surface area contributed by atoms with Crippen LogP contribution in [-0.2, 0) is 10.0 Å². The predicted molar refractivity (Wildman–Crippen MR) is 72.0 cm³/mol. The molecule has 94 valence electrons. The zero-order chi connectivity index (χ0) is 12.3. The van der Waals surface area contributed by atoms with E-state index in [0.29, 0.717) is 10.9 Å². The van der Waals surface area contributed by atoms with Gasteiger partial charge in [0.1, 0.15) is 0 Å². The molecular weight excluding hydrogens is 256 g/mol. The highest BCUT2D eigenvalue weighted by atomic mass is 32.2. The zero-order valence-corrected chi connectivity index (χ0v) is 11.3. The van der Waals surface area contributed by atoms with E-state index < -0.39 is 10.0 Å². The van der Waals surface area contributed by atoms with E-state index in [-0.39, 0.29) is 0 Å². The number of thioether (sulfide) groups is 1. The van der Waals surface area contributed by atoms with E-state index >= 15 is 0 Å². The molecule has 0 aliphatic carbocycles. The standard InChI is InChI=1S/C11H16N2O2S2/c1-12-17(14,15)11-4-2-3-9(7-11)13-10-5-6-16-8-10/h2-4,7,10,12-13H,5-6,8H2,1H3. The van der Waals surface area contributed by atoms with Crippen LogP contribution in [-0.4, -0.2) is 33.0 Å². The second-order valence-electron chi connectivity index (χ2n) is 3.94. The third-order valence-corrected chi connectivity index (χ3v) is 5.29. The maximum atomic E-state index is 11.6. The quantitative estimate of drug-likeness (QED) is 0.872. The van der Waals surface area contributed by atoms with Crippen LogP contribution in [0.15, 0.2) is 29.2 Å². The van der Waals surface area contributed by atoms with Crippen molar-refractivity contribution in [3.8, 4) is 0 Å². The minimum Gasteiger partial charge on any atom is -0.381 e. The topological polar surface area (TPSA) is 58.2 Å². The molecule has 0 aromatic heterocycles. The lowest BCUT2D eigenvalue weighted by Crippen LogP contribution is -2.20. The average molecular weight is 272 g/mol. The van der Waals surface area contributed by atoms with Crippen LogP contribution in [0.5, 0.6) is 0 Å². The molecule has 2 rings (SSSR count). The number of hydrogen-bond donors (Lipinski definition) is 2. The van der Waals surface area contributed by atoms with Crippen LogP contribution in [0.25, 0.3) is 0 Å². The lowest BCUT2D eigenvalue weighted by molar-refractivity contribution is 0.588. The number of hydrogen-bond acceptors (Lipinski definition) is 4. The van der Waals surface area contributed by atoms with Crippen molar-refractivity contribution in [2.24, 2.45) is 0 Å². The van der Waals surface area contributed by atoms with E-state index in [2.05, 4.69) is 10.0 Å². The molecule has 2 N–H and O–H groups in total. The third-order valence-electron chi connectivity index (χ3n) is 2.71. The molecule has 0 saturated carbocycles. The molecule has 1 aromatic rings. The van der Waals surface area contributed by atoms with E-state index in [4.69, 9.17) is 0 Å². The molecule has 1 unspecified atom stereocenters. The zero-order valence-electron chi connectivity index (χ0n) is 9.64. The highest BCUT2D eigenvalue weighted by Gasteiger charge is 2.16. The summed E-state index contributed by atoms with van der Waals surface area (Å²) in [6.07, 6.45) is 1.13. The second kappa shape index (κ2) is 5.29. The first-order valence-electron chi connectivity index (χ1n) is 5.50. The van der Waals surface area contributed by atoms with E-state index in [1.807, 2.05) is 17.8 Å². The van der Waals surface area contributed by atoms with Crippen molar-refractivity contribution in [1.82, 2.24) is 4.72 Å². The summed E-state index contributed by atoms with van der Waals surface area (Å²) in [5, 5.41) is 3.36. The van der Waals surface area contributed by atoms with Crippen molar-refractivity contribution in [3.63, 3.8) is 0 Å². The first-order valence-corrected chi connectivity index (χ1v) is 8.13. The van der Waals surface area contributed by atoms with Crippen LogP contribution in [0.2, 0.25) is 0 Å². The van der Waals surface area contributed by atoms with Gasteiger partial charge in [-0.2, -0.15) is 11.8 Å². The molecular formula is C11H16N2O2S2. The van der Waals surface area contributed by atoms with Gasteiger partial charge in [-0.25, -0.2) is 13.1 Å². The van der Waals surface area contributed by atoms with Gasteiger partial charge in [0.2, 0.25) is 10.0 Å². The summed E-state index contributed by atoms with van der Waals surface area (Å²) in [6.45, 7) is 0. The van der Waals surface area contributed by atoms with Crippen molar-refractivity contribution >= 4 is 27.5 Å². The van der Waals surface area contributed by atoms with Gasteiger partial charge in [-0.3, -0.25) is 0 Å². The Labute approximate surface area is 106 Å². The average Bonchev–Trinajstić information content (AvgIpc) is 2.82. The summed E-state index contributed by atoms with van der Waals surface area (Å²) in [5.41, 5.74) is 0.869. The molecule has 17 heavy (non-hydrogen) atoms. The summed E-state index contributed by atoms with van der Waals surface area (Å²) in [7, 11) is -1.93. The van der Waals surface area contributed by atoms with E-state index in [0.717, 1.165) is 17.9 Å². The van der Waals surface area contributed by atoms with Gasteiger partial charge in [-0.1, -0.05) is 6.07 Å². The Morgan fingerprint density at radius 1 is 1.41 bits per heavy atom. The van der Waals surface area contributed by atoms with Crippen molar-refractivity contribution in [2.75, 3.05) is 23.9 Å². The first kappa shape index (κ1) is 12.7. The molecule has 0 radical (unpaired) electrons. The van der Waals surface area contributed by atoms with Gasteiger partial charge in [0, 0.05) is 17.5 Å². The second-order valence-corrected chi connectivity index (χ2v) is 6.98. The summed E-state index contributed by atoms with van der Waals surface area (Å²) < 4.78 is 25.6. The fourth-order valence-corrected chi connectivity index (χ4v) is 3.68. The Kier molecular flexibility index (Phi) is 3.96. The lowest BCUT2D eigenvalue weighted by atomic mass is 10.2. The van der Waals surface area contributed by atoms with Crippen LogP contribution in [0.3, 0.4) is 0 Å². The van der Waals surface area contributed by atoms with Crippen LogP contribution in [0.1, 0.15) is 6.42 Å². The van der Waals surface area contributed by atoms with Gasteiger partial charge >= 0.3 is 0 Å². The molecule has 0 bridgehead atoms. The van der Waals surface area contributed by atoms with Gasteiger partial charge in [0.25, 0.3) is 0 Å². The van der Waals surface area contributed by atoms with Gasteiger partial charge in [0.05, 0.1) is 4.90 Å². The van der Waals surface area contributed by atoms with E-state index in [9.17, 15) is 8.42 Å². The number of benzene rings is 1. The molecule has 1 aliphatic rings. The molecule has 1 atom stereocenters. The van der Waals surface area contributed by atoms with Gasteiger partial charge in [-0.05, 0) is 37.4 Å². The monoisotopic (exact) mass is 272 g/mol. The molecule has 1 saturated heterocycles. The Bertz CT molecular complexity index is 482. The van der Waals surface area contributed by atoms with Crippen molar-refractivity contribution in [1.29, 1.82) is 0 Å². The molecule has 4 nitrogen and oxygen atoms in total. The van der Waals surface area contributed by atoms with E-state index in [1.165, 1.54) is 12.8 Å². The maximum Gasteiger partial charge on any atom is 0.240 e. The molecule has 1 fully saturated rings. The van der Waals surface area contributed by atoms with E-state index in [1.54, 1.807) is 18.2 Å². The van der Waals surface area contributed by atoms with Crippen molar-refractivity contribution in [2.45, 2.75) is 17.4 Å². The van der Waals surface area contributed by atoms with Gasteiger partial charge < -0.3 is 5.32 Å². The van der Waals surface area contributed by atoms with Crippen LogP contribution >= 0.6 is 11.8 Å². The minimum atomic E-state index is -3.35. The van der Waals surface area contributed by atoms with Crippen LogP contribution in [0, 0.1) is 0 Å². The maximum absolute atomic E-state index is 11.6. The summed E-state index contributed by atoms with van der Waals surface area (Å²) in [6, 6.07) is 7.38. The highest BCUT2D eigenvalue weighted by Crippen LogP contribution is 2.22. The third kappa shape index (κ3) is 3.14. The first-order chi connectivity index (χ1) is 8.12. The largest absolute Gasteiger partial charge is 0.381 e. The minimum absolute atomic E-state index is 0.302. The van der Waals surface area contributed by atoms with Crippen LogP contribution < -0.4 is 10.0 Å². The Morgan fingerprint density at radius 3 is 2.88 bits per heavy atom. The molecule has 1 aliphatic heterocycles. The summed E-state index contributed by atoms with van der Waals surface area (Å²) >= 11 is 1.92. The van der Waals surface area contributed by atoms with Crippen molar-refractivity contribution in [3.05, 3.63) is 24.3 Å². The lowest BCUT2D eigenvalue weighted by Gasteiger charge is -2.13. The Hall–Kier alpha value is -0.720. The Balaban J connectivity index is 2.16. The number of rotatable bonds is 4. The van der Waals surface area contributed by atoms with Crippen molar-refractivity contribution < 1.29 is 8.42 Å². The van der Waals surface area contributed by atoms with Gasteiger partial charge in [-0.15, -0.1) is 0 Å². The predicted octanol–water partition coefficient (Wildman–Crippen LogP) is 1.51.